The van der Waals surface area contributed by atoms with Gasteiger partial charge in [0, 0.05) is 12.5 Å². The number of hydrogen-bond acceptors (Lipinski definition) is 3. The molecule has 0 bridgehead atoms. The van der Waals surface area contributed by atoms with Gasteiger partial charge < -0.3 is 14.9 Å². The van der Waals surface area contributed by atoms with Crippen LogP contribution >= 0.6 is 0 Å². The van der Waals surface area contributed by atoms with Crippen LogP contribution in [0.15, 0.2) is 24.3 Å². The third kappa shape index (κ3) is 3.82. The van der Waals surface area contributed by atoms with Gasteiger partial charge >= 0.3 is 6.18 Å². The van der Waals surface area contributed by atoms with Crippen molar-refractivity contribution in [3.8, 4) is 0 Å². The average Bonchev–Trinajstić information content (AvgIpc) is 2.96. The summed E-state index contributed by atoms with van der Waals surface area (Å²) in [7, 11) is 1.99. The molecule has 2 fully saturated rings. The SMILES string of the molecule is CN1CCC(C(=O)N2C[C@H](O)C[C@@H]2c2ccccc2C(F)(F)F)CC1. The summed E-state index contributed by atoms with van der Waals surface area (Å²) in [4.78, 5) is 16.5. The molecule has 2 atom stereocenters. The summed E-state index contributed by atoms with van der Waals surface area (Å²) in [5.74, 6) is -0.311. The van der Waals surface area contributed by atoms with Crippen molar-refractivity contribution in [3.05, 3.63) is 35.4 Å². The number of carbonyl (C=O) groups excluding carboxylic acids is 1. The molecule has 1 N–H and O–H groups in total. The van der Waals surface area contributed by atoms with Crippen molar-refractivity contribution in [2.24, 2.45) is 5.92 Å². The Morgan fingerprint density at radius 2 is 1.84 bits per heavy atom. The third-order valence-electron chi connectivity index (χ3n) is 5.26. The zero-order valence-corrected chi connectivity index (χ0v) is 14.2. The summed E-state index contributed by atoms with van der Waals surface area (Å²) in [5.41, 5.74) is -0.650. The second kappa shape index (κ2) is 6.96. The number of piperidine rings is 1. The molecular formula is C18H23F3N2O2. The number of amides is 1. The molecule has 25 heavy (non-hydrogen) atoms. The fourth-order valence-corrected chi connectivity index (χ4v) is 3.89. The van der Waals surface area contributed by atoms with E-state index >= 15 is 0 Å². The Bertz CT molecular complexity index is 627. The van der Waals surface area contributed by atoms with Gasteiger partial charge in [-0.3, -0.25) is 4.79 Å². The molecule has 2 aliphatic heterocycles. The van der Waals surface area contributed by atoms with Gasteiger partial charge in [-0.2, -0.15) is 13.2 Å². The maximum atomic E-state index is 13.4. The van der Waals surface area contributed by atoms with Crippen LogP contribution in [0.4, 0.5) is 13.2 Å². The molecule has 0 spiro atoms. The Morgan fingerprint density at radius 3 is 2.48 bits per heavy atom. The number of aliphatic hydroxyl groups is 1. The Hall–Kier alpha value is -1.60. The molecule has 0 unspecified atom stereocenters. The van der Waals surface area contributed by atoms with E-state index in [1.807, 2.05) is 7.05 Å². The number of β-amino-alcohol motifs (C(OH)–C–C–N with tert-alkyl or cyclic N) is 1. The number of carbonyl (C=O) groups is 1. The Labute approximate surface area is 145 Å². The van der Waals surface area contributed by atoms with E-state index in [9.17, 15) is 23.1 Å². The molecule has 4 nitrogen and oxygen atoms in total. The van der Waals surface area contributed by atoms with E-state index in [2.05, 4.69) is 4.90 Å². The first kappa shape index (κ1) is 18.2. The summed E-state index contributed by atoms with van der Waals surface area (Å²) >= 11 is 0. The highest BCUT2D eigenvalue weighted by Crippen LogP contribution is 2.41. The van der Waals surface area contributed by atoms with Crippen LogP contribution in [0.2, 0.25) is 0 Å². The van der Waals surface area contributed by atoms with Gasteiger partial charge in [0.25, 0.3) is 0 Å². The maximum absolute atomic E-state index is 13.4. The van der Waals surface area contributed by atoms with Gasteiger partial charge in [0.05, 0.1) is 17.7 Å². The van der Waals surface area contributed by atoms with Crippen molar-refractivity contribution in [1.29, 1.82) is 0 Å². The molecule has 2 saturated heterocycles. The first-order chi connectivity index (χ1) is 11.8. The second-order valence-corrected chi connectivity index (χ2v) is 7.06. The molecule has 1 aromatic rings. The molecule has 0 saturated carbocycles. The minimum atomic E-state index is -4.48. The Morgan fingerprint density at radius 1 is 1.20 bits per heavy atom. The third-order valence-corrected chi connectivity index (χ3v) is 5.26. The fraction of sp³-hybridized carbons (Fsp3) is 0.611. The predicted molar refractivity (Wildman–Crippen MR) is 86.7 cm³/mol. The van der Waals surface area contributed by atoms with Crippen molar-refractivity contribution in [2.45, 2.75) is 37.6 Å². The zero-order valence-electron chi connectivity index (χ0n) is 14.2. The summed E-state index contributed by atoms with van der Waals surface area (Å²) in [6.07, 6.45) is -3.72. The molecule has 3 rings (SSSR count). The van der Waals surface area contributed by atoms with Crippen LogP contribution in [0.1, 0.15) is 36.4 Å². The molecule has 1 aromatic carbocycles. The highest BCUT2D eigenvalue weighted by Gasteiger charge is 2.42. The zero-order chi connectivity index (χ0) is 18.2. The van der Waals surface area contributed by atoms with Gasteiger partial charge in [0.2, 0.25) is 5.91 Å². The molecule has 2 heterocycles. The van der Waals surface area contributed by atoms with E-state index in [1.54, 1.807) is 6.07 Å². The summed E-state index contributed by atoms with van der Waals surface area (Å²) < 4.78 is 40.1. The van der Waals surface area contributed by atoms with Crippen LogP contribution in [0.25, 0.3) is 0 Å². The van der Waals surface area contributed by atoms with Crippen LogP contribution in [-0.4, -0.2) is 53.6 Å². The van der Waals surface area contributed by atoms with E-state index in [-0.39, 0.29) is 30.4 Å². The Balaban J connectivity index is 1.87. The second-order valence-electron chi connectivity index (χ2n) is 7.06. The number of likely N-dealkylation sites (tertiary alicyclic amines) is 2. The van der Waals surface area contributed by atoms with E-state index in [0.29, 0.717) is 12.8 Å². The summed E-state index contributed by atoms with van der Waals surface area (Å²) in [5, 5.41) is 10.0. The molecule has 0 aliphatic carbocycles. The smallest absolute Gasteiger partial charge is 0.391 e. The minimum Gasteiger partial charge on any atom is -0.391 e. The van der Waals surface area contributed by atoms with Crippen molar-refractivity contribution >= 4 is 5.91 Å². The van der Waals surface area contributed by atoms with Gasteiger partial charge in [-0.25, -0.2) is 0 Å². The summed E-state index contributed by atoms with van der Waals surface area (Å²) in [6, 6.07) is 4.63. The minimum absolute atomic E-state index is 0.0767. The summed E-state index contributed by atoms with van der Waals surface area (Å²) in [6.45, 7) is 1.70. The number of rotatable bonds is 2. The lowest BCUT2D eigenvalue weighted by molar-refractivity contribution is -0.142. The molecule has 7 heteroatoms. The molecule has 138 valence electrons. The van der Waals surface area contributed by atoms with Crippen LogP contribution in [0.5, 0.6) is 0 Å². The largest absolute Gasteiger partial charge is 0.416 e. The van der Waals surface area contributed by atoms with E-state index in [1.165, 1.54) is 17.0 Å². The number of benzene rings is 1. The number of halogens is 3. The van der Waals surface area contributed by atoms with Crippen LogP contribution < -0.4 is 0 Å². The van der Waals surface area contributed by atoms with Gasteiger partial charge in [-0.05, 0) is 51.0 Å². The molecule has 0 aromatic heterocycles. The topological polar surface area (TPSA) is 43.8 Å². The standard InChI is InChI=1S/C18H23F3N2O2/c1-22-8-6-12(7-9-22)17(25)23-11-13(24)10-16(23)14-4-2-3-5-15(14)18(19,20)21/h2-5,12-13,16,24H,6-11H2,1H3/t13-,16-/m1/s1. The van der Waals surface area contributed by atoms with E-state index < -0.39 is 23.9 Å². The molecule has 1 amide bonds. The van der Waals surface area contributed by atoms with Crippen LogP contribution in [-0.2, 0) is 11.0 Å². The number of nitrogens with zero attached hydrogens (tertiary/aromatic N) is 2. The van der Waals surface area contributed by atoms with Crippen molar-refractivity contribution in [3.63, 3.8) is 0 Å². The average molecular weight is 356 g/mol. The fourth-order valence-electron chi connectivity index (χ4n) is 3.89. The lowest BCUT2D eigenvalue weighted by Crippen LogP contribution is -2.42. The van der Waals surface area contributed by atoms with E-state index in [4.69, 9.17) is 0 Å². The molecular weight excluding hydrogens is 333 g/mol. The predicted octanol–water partition coefficient (Wildman–Crippen LogP) is 2.68. The highest BCUT2D eigenvalue weighted by atomic mass is 19.4. The molecule has 0 radical (unpaired) electrons. The Kier molecular flexibility index (Phi) is 5.06. The van der Waals surface area contributed by atoms with Crippen LogP contribution in [0, 0.1) is 5.92 Å². The van der Waals surface area contributed by atoms with Gasteiger partial charge in [0.1, 0.15) is 0 Å². The first-order valence-corrected chi connectivity index (χ1v) is 8.60. The van der Waals surface area contributed by atoms with Crippen molar-refractivity contribution in [1.82, 2.24) is 9.80 Å². The van der Waals surface area contributed by atoms with Crippen LogP contribution in [0.3, 0.4) is 0 Å². The number of alkyl halides is 3. The van der Waals surface area contributed by atoms with E-state index in [0.717, 1.165) is 19.2 Å². The quantitative estimate of drug-likeness (QED) is 0.886. The van der Waals surface area contributed by atoms with Crippen molar-refractivity contribution in [2.75, 3.05) is 26.7 Å². The monoisotopic (exact) mass is 356 g/mol. The highest BCUT2D eigenvalue weighted by molar-refractivity contribution is 5.80. The number of aliphatic hydroxyl groups excluding tert-OH is 1. The maximum Gasteiger partial charge on any atom is 0.416 e. The lowest BCUT2D eigenvalue weighted by Gasteiger charge is -2.34. The number of hydrogen-bond donors (Lipinski definition) is 1. The van der Waals surface area contributed by atoms with Gasteiger partial charge in [-0.15, -0.1) is 0 Å². The van der Waals surface area contributed by atoms with Gasteiger partial charge in [0.15, 0.2) is 0 Å². The van der Waals surface area contributed by atoms with Crippen molar-refractivity contribution < 1.29 is 23.1 Å². The lowest BCUT2D eigenvalue weighted by atomic mass is 9.93. The molecule has 2 aliphatic rings. The first-order valence-electron chi connectivity index (χ1n) is 8.60. The van der Waals surface area contributed by atoms with Gasteiger partial charge in [-0.1, -0.05) is 18.2 Å². The normalized spacial score (nSPS) is 26.2.